The van der Waals surface area contributed by atoms with Gasteiger partial charge < -0.3 is 9.47 Å². The lowest BCUT2D eigenvalue weighted by molar-refractivity contribution is -0.144. The van der Waals surface area contributed by atoms with E-state index in [1.807, 2.05) is 0 Å². The van der Waals surface area contributed by atoms with E-state index in [0.717, 1.165) is 6.08 Å². The SMILES string of the molecule is [CH]=CC(=[CH])OCC(=O)OC. The second-order valence-corrected chi connectivity index (χ2v) is 1.43. The molecule has 3 heteroatoms. The lowest BCUT2D eigenvalue weighted by Crippen LogP contribution is -2.08. The highest BCUT2D eigenvalue weighted by molar-refractivity contribution is 5.70. The van der Waals surface area contributed by atoms with E-state index in [-0.39, 0.29) is 12.4 Å². The van der Waals surface area contributed by atoms with Crippen LogP contribution in [-0.2, 0) is 14.3 Å². The Labute approximate surface area is 59.9 Å². The number of hydrogen-bond acceptors (Lipinski definition) is 3. The maximum Gasteiger partial charge on any atom is 0.343 e. The van der Waals surface area contributed by atoms with Crippen molar-refractivity contribution in [3.8, 4) is 0 Å². The van der Waals surface area contributed by atoms with Gasteiger partial charge in [0.2, 0.25) is 0 Å². The summed E-state index contributed by atoms with van der Waals surface area (Å²) >= 11 is 0. The number of hydrogen-bond donors (Lipinski definition) is 0. The topological polar surface area (TPSA) is 35.5 Å². The molecule has 3 nitrogen and oxygen atoms in total. The zero-order chi connectivity index (χ0) is 7.98. The molecule has 0 spiro atoms. The largest absolute Gasteiger partial charge is 0.482 e. The van der Waals surface area contributed by atoms with E-state index in [4.69, 9.17) is 13.2 Å². The maximum atomic E-state index is 10.4. The van der Waals surface area contributed by atoms with Gasteiger partial charge in [-0.3, -0.25) is 0 Å². The van der Waals surface area contributed by atoms with E-state index >= 15 is 0 Å². The number of rotatable bonds is 4. The third-order valence-corrected chi connectivity index (χ3v) is 0.749. The predicted molar refractivity (Wildman–Crippen MR) is 34.7 cm³/mol. The minimum atomic E-state index is -0.496. The molecule has 0 aromatic heterocycles. The summed E-state index contributed by atoms with van der Waals surface area (Å²) in [6.45, 7) is 9.81. The number of ether oxygens (including phenoxy) is 2. The summed E-state index contributed by atoms with van der Waals surface area (Å²) in [4.78, 5) is 10.4. The van der Waals surface area contributed by atoms with Gasteiger partial charge in [-0.15, -0.1) is 0 Å². The van der Waals surface area contributed by atoms with Crippen molar-refractivity contribution >= 4 is 5.97 Å². The third-order valence-electron chi connectivity index (χ3n) is 0.749. The van der Waals surface area contributed by atoms with Crippen molar-refractivity contribution in [1.29, 1.82) is 0 Å². The average molecular weight is 140 g/mol. The quantitative estimate of drug-likeness (QED) is 0.323. The second kappa shape index (κ2) is 4.61. The fraction of sp³-hybridized carbons (Fsp3) is 0.286. The Morgan fingerprint density at radius 1 is 1.70 bits per heavy atom. The van der Waals surface area contributed by atoms with E-state index in [2.05, 4.69) is 9.47 Å². The molecule has 54 valence electrons. The van der Waals surface area contributed by atoms with Crippen molar-refractivity contribution in [2.45, 2.75) is 0 Å². The Morgan fingerprint density at radius 2 is 2.30 bits per heavy atom. The molecular weight excluding hydrogens is 132 g/mol. The lowest BCUT2D eigenvalue weighted by atomic mass is 10.5. The fourth-order valence-electron chi connectivity index (χ4n) is 0.249. The molecule has 0 saturated carbocycles. The van der Waals surface area contributed by atoms with Gasteiger partial charge in [0, 0.05) is 0 Å². The Bertz CT molecular complexity index is 149. The van der Waals surface area contributed by atoms with Crippen LogP contribution in [0, 0.1) is 13.2 Å². The molecule has 0 aliphatic rings. The molecule has 0 saturated heterocycles. The van der Waals surface area contributed by atoms with Gasteiger partial charge in [0.1, 0.15) is 5.76 Å². The molecule has 0 aliphatic heterocycles. The van der Waals surface area contributed by atoms with Crippen LogP contribution in [0.15, 0.2) is 11.8 Å². The smallest absolute Gasteiger partial charge is 0.343 e. The van der Waals surface area contributed by atoms with E-state index in [1.165, 1.54) is 7.11 Å². The highest BCUT2D eigenvalue weighted by atomic mass is 16.6. The third kappa shape index (κ3) is 3.72. The number of allylic oxidation sites excluding steroid dienone is 1. The van der Waals surface area contributed by atoms with Crippen LogP contribution in [0.2, 0.25) is 0 Å². The number of carbonyl (C=O) groups is 1. The molecule has 0 aliphatic carbocycles. The van der Waals surface area contributed by atoms with Crippen LogP contribution in [-0.4, -0.2) is 19.7 Å². The lowest BCUT2D eigenvalue weighted by Gasteiger charge is -2.01. The van der Waals surface area contributed by atoms with Gasteiger partial charge >= 0.3 is 5.97 Å². The average Bonchev–Trinajstić information content (AvgIpc) is 1.99. The molecule has 0 bridgehead atoms. The molecule has 0 N–H and O–H groups in total. The van der Waals surface area contributed by atoms with Crippen LogP contribution in [0.4, 0.5) is 0 Å². The monoisotopic (exact) mass is 140 g/mol. The van der Waals surface area contributed by atoms with Crippen molar-refractivity contribution in [2.24, 2.45) is 0 Å². The van der Waals surface area contributed by atoms with Gasteiger partial charge in [-0.25, -0.2) is 4.79 Å². The first-order chi connectivity index (χ1) is 4.70. The van der Waals surface area contributed by atoms with Crippen molar-refractivity contribution in [3.63, 3.8) is 0 Å². The van der Waals surface area contributed by atoms with Gasteiger partial charge in [0.05, 0.1) is 7.11 Å². The van der Waals surface area contributed by atoms with E-state index in [9.17, 15) is 4.79 Å². The van der Waals surface area contributed by atoms with Crippen LogP contribution in [0.25, 0.3) is 0 Å². The molecule has 2 radical (unpaired) electrons. The molecule has 0 unspecified atom stereocenters. The van der Waals surface area contributed by atoms with Crippen molar-refractivity contribution in [2.75, 3.05) is 13.7 Å². The Morgan fingerprint density at radius 3 is 2.70 bits per heavy atom. The van der Waals surface area contributed by atoms with Crippen LogP contribution in [0.1, 0.15) is 0 Å². The Kier molecular flexibility index (Phi) is 4.04. The molecule has 0 aromatic carbocycles. The van der Waals surface area contributed by atoms with Gasteiger partial charge in [-0.2, -0.15) is 0 Å². The minimum absolute atomic E-state index is 0.00500. The Balaban J connectivity index is 3.44. The van der Waals surface area contributed by atoms with E-state index in [1.54, 1.807) is 0 Å². The Hall–Kier alpha value is -1.25. The first-order valence-corrected chi connectivity index (χ1v) is 2.57. The van der Waals surface area contributed by atoms with E-state index in [0.29, 0.717) is 0 Å². The second-order valence-electron chi connectivity index (χ2n) is 1.43. The van der Waals surface area contributed by atoms with Crippen LogP contribution in [0.3, 0.4) is 0 Å². The van der Waals surface area contributed by atoms with Gasteiger partial charge in [0.15, 0.2) is 6.61 Å². The standard InChI is InChI=1S/C7H8O3/c1-4-6(2)10-5-7(8)9-3/h1-2,4H,5H2,3H3. The number of esters is 1. The zero-order valence-electron chi connectivity index (χ0n) is 5.66. The van der Waals surface area contributed by atoms with Crippen LogP contribution < -0.4 is 0 Å². The number of methoxy groups -OCH3 is 1. The van der Waals surface area contributed by atoms with Crippen LogP contribution >= 0.6 is 0 Å². The van der Waals surface area contributed by atoms with Crippen LogP contribution in [0.5, 0.6) is 0 Å². The molecule has 0 fully saturated rings. The summed E-state index contributed by atoms with van der Waals surface area (Å²) in [5.41, 5.74) is 0. The number of carbonyl (C=O) groups excluding carboxylic acids is 1. The summed E-state index contributed by atoms with van der Waals surface area (Å²) in [5.74, 6) is -0.491. The summed E-state index contributed by atoms with van der Waals surface area (Å²) < 4.78 is 8.84. The minimum Gasteiger partial charge on any atom is -0.482 e. The molecule has 0 heterocycles. The molecular formula is C7H8O3. The van der Waals surface area contributed by atoms with Crippen molar-refractivity contribution in [1.82, 2.24) is 0 Å². The molecule has 0 aromatic rings. The fourth-order valence-corrected chi connectivity index (χ4v) is 0.249. The zero-order valence-corrected chi connectivity index (χ0v) is 5.66. The maximum absolute atomic E-state index is 10.4. The summed E-state index contributed by atoms with van der Waals surface area (Å²) in [7, 11) is 1.26. The van der Waals surface area contributed by atoms with E-state index < -0.39 is 5.97 Å². The first-order valence-electron chi connectivity index (χ1n) is 2.57. The molecule has 0 rings (SSSR count). The van der Waals surface area contributed by atoms with Gasteiger partial charge in [-0.05, 0) is 12.7 Å². The van der Waals surface area contributed by atoms with Crippen molar-refractivity contribution < 1.29 is 14.3 Å². The van der Waals surface area contributed by atoms with Crippen molar-refractivity contribution in [3.05, 3.63) is 25.0 Å². The van der Waals surface area contributed by atoms with Gasteiger partial charge in [-0.1, -0.05) is 6.58 Å². The summed E-state index contributed by atoms with van der Waals surface area (Å²) in [6.07, 6.45) is 1.06. The summed E-state index contributed by atoms with van der Waals surface area (Å²) in [5, 5.41) is 0. The van der Waals surface area contributed by atoms with Gasteiger partial charge in [0.25, 0.3) is 0 Å². The molecule has 0 amide bonds. The highest BCUT2D eigenvalue weighted by Crippen LogP contribution is 1.92. The molecule has 0 atom stereocenters. The predicted octanol–water partition coefficient (Wildman–Crippen LogP) is 0.482. The molecule has 10 heavy (non-hydrogen) atoms. The summed E-state index contributed by atoms with van der Waals surface area (Å²) in [6, 6.07) is 0. The highest BCUT2D eigenvalue weighted by Gasteiger charge is 1.98. The first kappa shape index (κ1) is 8.75. The normalized spacial score (nSPS) is 8.10.